The Morgan fingerprint density at radius 3 is 2.90 bits per heavy atom. The third kappa shape index (κ3) is 4.79. The summed E-state index contributed by atoms with van der Waals surface area (Å²) in [6.07, 6.45) is 7.49. The molecule has 1 aromatic rings. The first-order valence-electron chi connectivity index (χ1n) is 10.3. The summed E-state index contributed by atoms with van der Waals surface area (Å²) in [5.41, 5.74) is 0.919. The van der Waals surface area contributed by atoms with Crippen molar-refractivity contribution in [3.05, 3.63) is 43.6 Å². The van der Waals surface area contributed by atoms with E-state index in [0.717, 1.165) is 18.5 Å². The molecule has 30 heavy (non-hydrogen) atoms. The summed E-state index contributed by atoms with van der Waals surface area (Å²) >= 11 is 0. The maximum absolute atomic E-state index is 12.5. The van der Waals surface area contributed by atoms with E-state index in [4.69, 9.17) is 9.47 Å². The molecular weight excluding hydrogens is 552 g/mol. The van der Waals surface area contributed by atoms with Crippen LogP contribution in [0.2, 0.25) is 0 Å². The molecule has 1 aromatic heterocycles. The van der Waals surface area contributed by atoms with Gasteiger partial charge in [-0.3, -0.25) is 9.78 Å². The SMILES string of the molecule is CCOC(=O)N1CC[C@@H]2[C@H](C[C@H]3C(=O)O[C@H](C)[C@H]3[C@H]2/C=C/c2ccccn2)C1.[CH3-].[W]. The Kier molecular flexibility index (Phi) is 8.66. The molecule has 7 heteroatoms. The topological polar surface area (TPSA) is 68.7 Å². The van der Waals surface area contributed by atoms with Gasteiger partial charge in [-0.25, -0.2) is 4.79 Å². The van der Waals surface area contributed by atoms with Gasteiger partial charge in [0, 0.05) is 46.3 Å². The number of hydrogen-bond donors (Lipinski definition) is 0. The molecule has 2 saturated heterocycles. The van der Waals surface area contributed by atoms with Gasteiger partial charge in [0.15, 0.2) is 0 Å². The van der Waals surface area contributed by atoms with E-state index in [-0.39, 0.29) is 70.3 Å². The predicted octanol–water partition coefficient (Wildman–Crippen LogP) is 3.83. The Morgan fingerprint density at radius 2 is 2.20 bits per heavy atom. The van der Waals surface area contributed by atoms with E-state index >= 15 is 0 Å². The van der Waals surface area contributed by atoms with Crippen LogP contribution in [0.15, 0.2) is 30.5 Å². The summed E-state index contributed by atoms with van der Waals surface area (Å²) in [5.74, 6) is 0.996. The minimum Gasteiger partial charge on any atom is -0.462 e. The summed E-state index contributed by atoms with van der Waals surface area (Å²) in [7, 11) is 0. The smallest absolute Gasteiger partial charge is 0.409 e. The molecule has 3 aliphatic rings. The van der Waals surface area contributed by atoms with E-state index in [2.05, 4.69) is 17.1 Å². The number of rotatable bonds is 3. The van der Waals surface area contributed by atoms with Gasteiger partial charge in [-0.05, 0) is 62.7 Å². The van der Waals surface area contributed by atoms with Crippen LogP contribution in [0.1, 0.15) is 32.4 Å². The largest absolute Gasteiger partial charge is 0.462 e. The molecule has 0 bridgehead atoms. The molecular formula is C23H31N2O4W-. The normalized spacial score (nSPS) is 32.3. The number of hydrogen-bond acceptors (Lipinski definition) is 5. The molecule has 0 spiro atoms. The molecule has 3 heterocycles. The Balaban J connectivity index is 0.00000160. The van der Waals surface area contributed by atoms with Crippen molar-refractivity contribution >= 4 is 18.1 Å². The van der Waals surface area contributed by atoms with Crippen LogP contribution in [0.4, 0.5) is 4.79 Å². The standard InChI is InChI=1S/C22H28N2O4.CH3.W/c1-3-27-22(26)24-11-9-17-15(13-24)12-19-20(14(2)28-21(19)25)18(17)8-7-16-6-4-5-10-23-16;;/h4-8,10,14-15,17-20H,3,9,11-13H2,1-2H3;1H3;/q;-1;/b8-7+;;/t14-,15-,17-,18+,19-,20+;;/m1../s1. The number of ether oxygens (including phenoxy) is 2. The fourth-order valence-electron chi connectivity index (χ4n) is 5.42. The molecule has 4 rings (SSSR count). The number of carbonyl (C=O) groups excluding carboxylic acids is 2. The molecule has 3 fully saturated rings. The molecule has 164 valence electrons. The van der Waals surface area contributed by atoms with E-state index in [1.807, 2.05) is 32.0 Å². The maximum Gasteiger partial charge on any atom is 0.409 e. The molecule has 6 nitrogen and oxygen atoms in total. The second kappa shape index (κ2) is 10.6. The molecule has 6 atom stereocenters. The number of fused-ring (bicyclic) bond motifs is 2. The van der Waals surface area contributed by atoms with Crippen LogP contribution in [0.25, 0.3) is 6.08 Å². The van der Waals surface area contributed by atoms with Gasteiger partial charge in [0.25, 0.3) is 0 Å². The van der Waals surface area contributed by atoms with Crippen molar-refractivity contribution in [2.24, 2.45) is 29.6 Å². The summed E-state index contributed by atoms with van der Waals surface area (Å²) < 4.78 is 10.8. The van der Waals surface area contributed by atoms with Gasteiger partial charge < -0.3 is 21.8 Å². The van der Waals surface area contributed by atoms with Crippen LogP contribution in [0.3, 0.4) is 0 Å². The molecule has 0 aromatic carbocycles. The van der Waals surface area contributed by atoms with E-state index < -0.39 is 0 Å². The van der Waals surface area contributed by atoms with Crippen molar-refractivity contribution in [3.8, 4) is 0 Å². The quantitative estimate of drug-likeness (QED) is 0.400. The van der Waals surface area contributed by atoms with Crippen LogP contribution in [0.5, 0.6) is 0 Å². The first kappa shape index (κ1) is 24.6. The van der Waals surface area contributed by atoms with Gasteiger partial charge >= 0.3 is 12.1 Å². The van der Waals surface area contributed by atoms with E-state index in [1.165, 1.54) is 0 Å². The number of allylic oxidation sites excluding steroid dienone is 1. The van der Waals surface area contributed by atoms with Gasteiger partial charge in [-0.2, -0.15) is 0 Å². The first-order valence-corrected chi connectivity index (χ1v) is 10.3. The molecule has 2 aliphatic heterocycles. The molecule has 1 aliphatic carbocycles. The van der Waals surface area contributed by atoms with Gasteiger partial charge in [0.2, 0.25) is 0 Å². The monoisotopic (exact) mass is 583 g/mol. The van der Waals surface area contributed by atoms with Gasteiger partial charge in [-0.15, -0.1) is 0 Å². The number of amides is 1. The number of aromatic nitrogens is 1. The van der Waals surface area contributed by atoms with Gasteiger partial charge in [0.1, 0.15) is 6.10 Å². The number of piperidine rings is 1. The van der Waals surface area contributed by atoms with Crippen molar-refractivity contribution in [1.29, 1.82) is 0 Å². The first-order chi connectivity index (χ1) is 13.6. The van der Waals surface area contributed by atoms with Gasteiger partial charge in [0.05, 0.1) is 18.2 Å². The van der Waals surface area contributed by atoms with Crippen LogP contribution in [-0.4, -0.2) is 47.7 Å². The number of cyclic esters (lactones) is 1. The van der Waals surface area contributed by atoms with Crippen LogP contribution in [-0.2, 0) is 35.3 Å². The summed E-state index contributed by atoms with van der Waals surface area (Å²) in [4.78, 5) is 30.9. The van der Waals surface area contributed by atoms with Crippen molar-refractivity contribution in [2.45, 2.75) is 32.8 Å². The number of pyridine rings is 1. The fourth-order valence-corrected chi connectivity index (χ4v) is 5.42. The molecule has 1 amide bonds. The Hall–Kier alpha value is -1.68. The Bertz CT molecular complexity index is 757. The Morgan fingerprint density at radius 1 is 1.40 bits per heavy atom. The third-order valence-electron chi connectivity index (χ3n) is 6.60. The second-order valence-electron chi connectivity index (χ2n) is 8.11. The molecule has 1 saturated carbocycles. The molecule has 0 unspecified atom stereocenters. The average molecular weight is 583 g/mol. The average Bonchev–Trinajstić information content (AvgIpc) is 2.99. The number of esters is 1. The third-order valence-corrected chi connectivity index (χ3v) is 6.60. The predicted molar refractivity (Wildman–Crippen MR) is 111 cm³/mol. The van der Waals surface area contributed by atoms with Crippen molar-refractivity contribution in [3.63, 3.8) is 0 Å². The van der Waals surface area contributed by atoms with Crippen molar-refractivity contribution in [1.82, 2.24) is 9.88 Å². The zero-order chi connectivity index (χ0) is 19.7. The van der Waals surface area contributed by atoms with E-state index in [1.54, 1.807) is 11.1 Å². The second-order valence-corrected chi connectivity index (χ2v) is 8.11. The summed E-state index contributed by atoms with van der Waals surface area (Å²) in [6.45, 7) is 5.58. The molecule has 0 N–H and O–H groups in total. The maximum atomic E-state index is 12.5. The van der Waals surface area contributed by atoms with E-state index in [9.17, 15) is 9.59 Å². The molecule has 0 radical (unpaired) electrons. The van der Waals surface area contributed by atoms with E-state index in [0.29, 0.717) is 25.6 Å². The van der Waals surface area contributed by atoms with Crippen molar-refractivity contribution in [2.75, 3.05) is 19.7 Å². The summed E-state index contributed by atoms with van der Waals surface area (Å²) in [6, 6.07) is 5.86. The van der Waals surface area contributed by atoms with Crippen LogP contribution >= 0.6 is 0 Å². The minimum absolute atomic E-state index is 0. The number of nitrogens with zero attached hydrogens (tertiary/aromatic N) is 2. The fraction of sp³-hybridized carbons (Fsp3) is 0.565. The van der Waals surface area contributed by atoms with Crippen molar-refractivity contribution < 1.29 is 40.1 Å². The minimum atomic E-state index is -0.244. The zero-order valence-electron chi connectivity index (χ0n) is 17.9. The zero-order valence-corrected chi connectivity index (χ0v) is 20.8. The Labute approximate surface area is 193 Å². The van der Waals surface area contributed by atoms with Gasteiger partial charge in [-0.1, -0.05) is 12.1 Å². The number of likely N-dealkylation sites (tertiary alicyclic amines) is 1. The van der Waals surface area contributed by atoms with Crippen LogP contribution in [0, 0.1) is 37.0 Å². The van der Waals surface area contributed by atoms with Crippen LogP contribution < -0.4 is 0 Å². The summed E-state index contributed by atoms with van der Waals surface area (Å²) in [5, 5.41) is 0. The number of carbonyl (C=O) groups is 2.